The van der Waals surface area contributed by atoms with Gasteiger partial charge in [0.15, 0.2) is 5.16 Å². The van der Waals surface area contributed by atoms with Gasteiger partial charge in [0.25, 0.3) is 0 Å². The molecule has 1 aromatic carbocycles. The van der Waals surface area contributed by atoms with Crippen LogP contribution in [0.15, 0.2) is 23.4 Å². The summed E-state index contributed by atoms with van der Waals surface area (Å²) >= 11 is 1.42. The van der Waals surface area contributed by atoms with Gasteiger partial charge >= 0.3 is 0 Å². The molecule has 2 aliphatic rings. The minimum atomic E-state index is -0.00996. The van der Waals surface area contributed by atoms with Crippen molar-refractivity contribution in [3.05, 3.63) is 35.2 Å². The maximum Gasteiger partial charge on any atom is 0.233 e. The van der Waals surface area contributed by atoms with Crippen molar-refractivity contribution in [3.63, 3.8) is 0 Å². The Balaban J connectivity index is 1.33. The molecule has 0 aliphatic carbocycles. The molecule has 2 aliphatic heterocycles. The Bertz CT molecular complexity index is 1040. The monoisotopic (exact) mass is 485 g/mol. The van der Waals surface area contributed by atoms with Gasteiger partial charge in [-0.3, -0.25) is 14.2 Å². The molecule has 1 aromatic heterocycles. The second-order valence-electron chi connectivity index (χ2n) is 9.60. The average Bonchev–Trinajstić information content (AvgIpc) is 3.18. The van der Waals surface area contributed by atoms with E-state index in [1.165, 1.54) is 17.3 Å². The maximum atomic E-state index is 13.0. The fourth-order valence-corrected chi connectivity index (χ4v) is 5.78. The highest BCUT2D eigenvalue weighted by Gasteiger charge is 2.33. The van der Waals surface area contributed by atoms with E-state index in [-0.39, 0.29) is 29.9 Å². The number of rotatable bonds is 5. The lowest BCUT2D eigenvalue weighted by atomic mass is 9.94. The van der Waals surface area contributed by atoms with Crippen molar-refractivity contribution in [2.24, 2.45) is 5.92 Å². The van der Waals surface area contributed by atoms with E-state index in [9.17, 15) is 9.59 Å². The number of carbonyl (C=O) groups is 2. The van der Waals surface area contributed by atoms with Crippen molar-refractivity contribution in [2.45, 2.75) is 64.8 Å². The van der Waals surface area contributed by atoms with Crippen molar-refractivity contribution < 1.29 is 14.3 Å². The van der Waals surface area contributed by atoms with E-state index < -0.39 is 0 Å². The summed E-state index contributed by atoms with van der Waals surface area (Å²) in [5, 5.41) is 9.30. The maximum absolute atomic E-state index is 13.0. The minimum absolute atomic E-state index is 0.00996. The molecule has 0 saturated carbocycles. The summed E-state index contributed by atoms with van der Waals surface area (Å²) in [6.45, 7) is 12.6. The number of thioether (sulfide) groups is 1. The van der Waals surface area contributed by atoms with E-state index in [1.807, 2.05) is 35.1 Å². The Morgan fingerprint density at radius 2 is 1.71 bits per heavy atom. The number of piperidine rings is 1. The number of benzene rings is 1. The smallest absolute Gasteiger partial charge is 0.233 e. The molecule has 2 unspecified atom stereocenters. The third kappa shape index (κ3) is 5.46. The lowest BCUT2D eigenvalue weighted by Gasteiger charge is -2.39. The summed E-state index contributed by atoms with van der Waals surface area (Å²) in [7, 11) is 0. The Morgan fingerprint density at radius 1 is 1.03 bits per heavy atom. The largest absolute Gasteiger partial charge is 0.372 e. The van der Waals surface area contributed by atoms with Crippen LogP contribution in [-0.4, -0.2) is 80.5 Å². The first kappa shape index (κ1) is 24.7. The number of aryl methyl sites for hydroxylation is 3. The quantitative estimate of drug-likeness (QED) is 0.606. The van der Waals surface area contributed by atoms with Crippen LogP contribution in [0.4, 0.5) is 0 Å². The van der Waals surface area contributed by atoms with E-state index in [2.05, 4.69) is 42.2 Å². The van der Waals surface area contributed by atoms with Gasteiger partial charge in [0.05, 0.1) is 23.6 Å². The number of carbonyl (C=O) groups excluding carboxylic acids is 2. The van der Waals surface area contributed by atoms with Crippen LogP contribution in [-0.2, 0) is 14.3 Å². The van der Waals surface area contributed by atoms with Crippen molar-refractivity contribution in [1.82, 2.24) is 24.6 Å². The summed E-state index contributed by atoms with van der Waals surface area (Å²) in [5.41, 5.74) is 3.35. The molecule has 2 atom stereocenters. The van der Waals surface area contributed by atoms with E-state index in [1.54, 1.807) is 0 Å². The van der Waals surface area contributed by atoms with Crippen molar-refractivity contribution in [2.75, 3.05) is 31.9 Å². The predicted octanol–water partition coefficient (Wildman–Crippen LogP) is 3.16. The van der Waals surface area contributed by atoms with E-state index in [4.69, 9.17) is 4.74 Å². The molecule has 2 aromatic rings. The van der Waals surface area contributed by atoms with Crippen LogP contribution in [0.3, 0.4) is 0 Å². The number of aromatic nitrogens is 3. The summed E-state index contributed by atoms with van der Waals surface area (Å²) in [5.74, 6) is 1.39. The predicted molar refractivity (Wildman–Crippen MR) is 132 cm³/mol. The minimum Gasteiger partial charge on any atom is -0.372 e. The zero-order chi connectivity index (χ0) is 24.4. The topological polar surface area (TPSA) is 80.6 Å². The van der Waals surface area contributed by atoms with Crippen LogP contribution in [0, 0.1) is 26.7 Å². The van der Waals surface area contributed by atoms with E-state index >= 15 is 0 Å². The lowest BCUT2D eigenvalue weighted by molar-refractivity contribution is -0.150. The zero-order valence-corrected chi connectivity index (χ0v) is 21.6. The lowest BCUT2D eigenvalue weighted by Crippen LogP contribution is -2.52. The van der Waals surface area contributed by atoms with Crippen molar-refractivity contribution in [1.29, 1.82) is 0 Å². The number of likely N-dealkylation sites (tertiary alicyclic amines) is 1. The zero-order valence-electron chi connectivity index (χ0n) is 20.8. The van der Waals surface area contributed by atoms with Crippen molar-refractivity contribution >= 4 is 23.6 Å². The van der Waals surface area contributed by atoms with Crippen molar-refractivity contribution in [3.8, 4) is 5.69 Å². The molecular formula is C25H35N5O3S. The molecule has 34 heavy (non-hydrogen) atoms. The molecule has 2 saturated heterocycles. The summed E-state index contributed by atoms with van der Waals surface area (Å²) in [6.07, 6.45) is 1.57. The SMILES string of the molecule is Cc1ccc(C)c(-n2c(C)nnc2SCC(=O)N2CCC(C(=O)N3CC(C)OC(C)C3)CC2)c1. The Kier molecular flexibility index (Phi) is 7.62. The van der Waals surface area contributed by atoms with Crippen LogP contribution < -0.4 is 0 Å². The number of ether oxygens (including phenoxy) is 1. The van der Waals surface area contributed by atoms with Gasteiger partial charge in [-0.2, -0.15) is 0 Å². The van der Waals surface area contributed by atoms with Gasteiger partial charge in [-0.05, 0) is 64.7 Å². The molecule has 4 rings (SSSR count). The average molecular weight is 486 g/mol. The normalized spacial score (nSPS) is 21.7. The molecule has 0 N–H and O–H groups in total. The van der Waals surface area contributed by atoms with Crippen LogP contribution in [0.25, 0.3) is 5.69 Å². The molecular weight excluding hydrogens is 450 g/mol. The Labute approximate surface area is 206 Å². The first-order chi connectivity index (χ1) is 16.2. The summed E-state index contributed by atoms with van der Waals surface area (Å²) in [4.78, 5) is 29.8. The van der Waals surface area contributed by atoms with Crippen LogP contribution in [0.2, 0.25) is 0 Å². The molecule has 184 valence electrons. The number of hydrogen-bond acceptors (Lipinski definition) is 6. The number of nitrogens with zero attached hydrogens (tertiary/aromatic N) is 5. The Hall–Kier alpha value is -2.39. The summed E-state index contributed by atoms with van der Waals surface area (Å²) in [6, 6.07) is 6.30. The molecule has 0 spiro atoms. The first-order valence-corrected chi connectivity index (χ1v) is 13.1. The van der Waals surface area contributed by atoms with E-state index in [0.29, 0.717) is 44.8 Å². The number of hydrogen-bond donors (Lipinski definition) is 0. The highest BCUT2D eigenvalue weighted by Crippen LogP contribution is 2.27. The molecule has 2 fully saturated rings. The Morgan fingerprint density at radius 3 is 2.38 bits per heavy atom. The number of morpholine rings is 1. The third-order valence-corrected chi connectivity index (χ3v) is 7.57. The van der Waals surface area contributed by atoms with E-state index in [0.717, 1.165) is 22.2 Å². The molecule has 3 heterocycles. The van der Waals surface area contributed by atoms with Crippen LogP contribution >= 0.6 is 11.8 Å². The van der Waals surface area contributed by atoms with Gasteiger partial charge in [-0.15, -0.1) is 10.2 Å². The molecule has 0 bridgehead atoms. The highest BCUT2D eigenvalue weighted by atomic mass is 32.2. The molecule has 2 amide bonds. The molecule has 8 nitrogen and oxygen atoms in total. The molecule has 0 radical (unpaired) electrons. The first-order valence-electron chi connectivity index (χ1n) is 12.1. The summed E-state index contributed by atoms with van der Waals surface area (Å²) < 4.78 is 7.78. The van der Waals surface area contributed by atoms with Gasteiger partial charge in [-0.1, -0.05) is 23.9 Å². The third-order valence-electron chi connectivity index (χ3n) is 6.65. The molecule has 9 heteroatoms. The van der Waals surface area contributed by atoms with Gasteiger partial charge < -0.3 is 14.5 Å². The van der Waals surface area contributed by atoms with Crippen LogP contribution in [0.5, 0.6) is 0 Å². The highest BCUT2D eigenvalue weighted by molar-refractivity contribution is 7.99. The fraction of sp³-hybridized carbons (Fsp3) is 0.600. The van der Waals surface area contributed by atoms with Gasteiger partial charge in [0.2, 0.25) is 11.8 Å². The van der Waals surface area contributed by atoms with Crippen LogP contribution in [0.1, 0.15) is 43.6 Å². The van der Waals surface area contributed by atoms with Gasteiger partial charge in [-0.25, -0.2) is 0 Å². The standard InChI is InChI=1S/C25H35N5O3S/c1-16-6-7-17(2)22(12-16)30-20(5)26-27-25(30)34-15-23(31)28-10-8-21(9-11-28)24(32)29-13-18(3)33-19(4)14-29/h6-7,12,18-19,21H,8-11,13-15H2,1-5H3. The number of amides is 2. The van der Waals surface area contributed by atoms with Gasteiger partial charge in [0.1, 0.15) is 5.82 Å². The second kappa shape index (κ2) is 10.5. The fourth-order valence-electron chi connectivity index (χ4n) is 4.88. The second-order valence-corrected chi connectivity index (χ2v) is 10.5. The van der Waals surface area contributed by atoms with Gasteiger partial charge in [0, 0.05) is 32.1 Å².